The van der Waals surface area contributed by atoms with Crippen LogP contribution in [0.25, 0.3) is 0 Å². The highest BCUT2D eigenvalue weighted by Gasteiger charge is 2.22. The smallest absolute Gasteiger partial charge is 0.251 e. The first kappa shape index (κ1) is 13.9. The molecule has 2 aromatic rings. The van der Waals surface area contributed by atoms with Gasteiger partial charge >= 0.3 is 0 Å². The molecule has 0 spiro atoms. The van der Waals surface area contributed by atoms with Gasteiger partial charge in [0.2, 0.25) is 5.95 Å². The summed E-state index contributed by atoms with van der Waals surface area (Å²) in [5.41, 5.74) is -0.153. The van der Waals surface area contributed by atoms with Crippen LogP contribution in [0.2, 0.25) is 5.02 Å². The summed E-state index contributed by atoms with van der Waals surface area (Å²) in [5.74, 6) is 1.30. The normalized spacial score (nSPS) is 16.0. The third-order valence-electron chi connectivity index (χ3n) is 3.38. The number of aromatic nitrogens is 3. The Balaban J connectivity index is 1.57. The van der Waals surface area contributed by atoms with E-state index in [-0.39, 0.29) is 11.7 Å². The number of pyridine rings is 1. The topological polar surface area (TPSA) is 71.1 Å². The highest BCUT2D eigenvalue weighted by atomic mass is 35.5. The summed E-state index contributed by atoms with van der Waals surface area (Å²) in [4.78, 5) is 24.3. The first-order chi connectivity index (χ1) is 10.2. The van der Waals surface area contributed by atoms with Crippen LogP contribution in [0.3, 0.4) is 0 Å². The van der Waals surface area contributed by atoms with Crippen molar-refractivity contribution in [3.63, 3.8) is 0 Å². The molecule has 0 amide bonds. The molecule has 0 unspecified atom stereocenters. The van der Waals surface area contributed by atoms with E-state index in [0.717, 1.165) is 25.9 Å². The van der Waals surface area contributed by atoms with Crippen LogP contribution in [0.1, 0.15) is 12.8 Å². The number of halogens is 1. The van der Waals surface area contributed by atoms with Gasteiger partial charge in [-0.3, -0.25) is 4.79 Å². The molecule has 1 N–H and O–H groups in total. The second kappa shape index (κ2) is 6.13. The van der Waals surface area contributed by atoms with Crippen molar-refractivity contribution in [3.05, 3.63) is 46.1 Å². The summed E-state index contributed by atoms with van der Waals surface area (Å²) in [6.45, 7) is 1.63. The van der Waals surface area contributed by atoms with Crippen molar-refractivity contribution in [2.45, 2.75) is 18.9 Å². The van der Waals surface area contributed by atoms with Crippen LogP contribution in [0.4, 0.5) is 5.95 Å². The molecule has 1 aliphatic heterocycles. The van der Waals surface area contributed by atoms with Gasteiger partial charge in [0.1, 0.15) is 11.9 Å². The molecule has 3 rings (SSSR count). The number of ether oxygens (including phenoxy) is 1. The number of anilines is 1. The molecule has 0 saturated carbocycles. The van der Waals surface area contributed by atoms with Gasteiger partial charge < -0.3 is 14.6 Å². The number of H-pyrrole nitrogens is 1. The number of nitrogens with one attached hydrogen (secondary N) is 1. The first-order valence-electron chi connectivity index (χ1n) is 6.78. The van der Waals surface area contributed by atoms with Crippen molar-refractivity contribution in [1.82, 2.24) is 15.0 Å². The second-order valence-corrected chi connectivity index (χ2v) is 5.33. The molecule has 0 atom stereocenters. The summed E-state index contributed by atoms with van der Waals surface area (Å²) in [5, 5.41) is 0.534. The first-order valence-corrected chi connectivity index (χ1v) is 7.16. The summed E-state index contributed by atoms with van der Waals surface area (Å²) in [7, 11) is 0. The van der Waals surface area contributed by atoms with Crippen molar-refractivity contribution in [3.8, 4) is 5.75 Å². The Morgan fingerprint density at radius 2 is 2.00 bits per heavy atom. The van der Waals surface area contributed by atoms with Crippen LogP contribution in [0.5, 0.6) is 5.75 Å². The molecule has 0 aromatic carbocycles. The fraction of sp³-hybridized carbons (Fsp3) is 0.357. The van der Waals surface area contributed by atoms with Crippen molar-refractivity contribution >= 4 is 17.5 Å². The molecule has 0 radical (unpaired) electrons. The molecule has 21 heavy (non-hydrogen) atoms. The van der Waals surface area contributed by atoms with Crippen molar-refractivity contribution < 1.29 is 4.74 Å². The van der Waals surface area contributed by atoms with E-state index in [1.54, 1.807) is 24.7 Å². The highest BCUT2D eigenvalue weighted by Crippen LogP contribution is 2.20. The van der Waals surface area contributed by atoms with Crippen LogP contribution in [0, 0.1) is 0 Å². The van der Waals surface area contributed by atoms with Crippen molar-refractivity contribution in [2.24, 2.45) is 0 Å². The summed E-state index contributed by atoms with van der Waals surface area (Å²) >= 11 is 5.79. The molecule has 0 bridgehead atoms. The van der Waals surface area contributed by atoms with Gasteiger partial charge in [-0.25, -0.2) is 9.97 Å². The van der Waals surface area contributed by atoms with E-state index < -0.39 is 0 Å². The Bertz CT molecular complexity index is 651. The molecular formula is C14H15ClN4O2. The molecule has 0 aliphatic carbocycles. The fourth-order valence-corrected chi connectivity index (χ4v) is 2.43. The molecule has 7 heteroatoms. The predicted molar refractivity (Wildman–Crippen MR) is 80.0 cm³/mol. The standard InChI is InChI=1S/C14H15ClN4O2/c15-10-8-17-14(18-9-10)19-5-2-11(3-6-19)21-12-1-4-16-13(20)7-12/h1,4,7-9,11H,2-3,5-6H2,(H,16,20). The SMILES string of the molecule is O=c1cc(OC2CCN(c3ncc(Cl)cn3)CC2)cc[nH]1. The van der Waals surface area contributed by atoms with Crippen molar-refractivity contribution in [1.29, 1.82) is 0 Å². The quantitative estimate of drug-likeness (QED) is 0.937. The molecular weight excluding hydrogens is 292 g/mol. The Kier molecular flexibility index (Phi) is 4.06. The monoisotopic (exact) mass is 306 g/mol. The Morgan fingerprint density at radius 1 is 1.29 bits per heavy atom. The van der Waals surface area contributed by atoms with E-state index in [1.165, 1.54) is 6.07 Å². The maximum absolute atomic E-state index is 11.2. The van der Waals surface area contributed by atoms with Gasteiger partial charge in [-0.1, -0.05) is 11.6 Å². The maximum atomic E-state index is 11.2. The summed E-state index contributed by atoms with van der Waals surface area (Å²) < 4.78 is 5.83. The largest absolute Gasteiger partial charge is 0.490 e. The van der Waals surface area contributed by atoms with E-state index in [9.17, 15) is 4.79 Å². The molecule has 1 saturated heterocycles. The van der Waals surface area contributed by atoms with E-state index in [0.29, 0.717) is 16.7 Å². The van der Waals surface area contributed by atoms with Gasteiger partial charge in [-0.15, -0.1) is 0 Å². The van der Waals surface area contributed by atoms with E-state index >= 15 is 0 Å². The highest BCUT2D eigenvalue weighted by molar-refractivity contribution is 6.30. The molecule has 2 aromatic heterocycles. The number of hydrogen-bond donors (Lipinski definition) is 1. The van der Waals surface area contributed by atoms with Gasteiger partial charge in [0, 0.05) is 38.2 Å². The Labute approximate surface area is 126 Å². The molecule has 3 heterocycles. The Morgan fingerprint density at radius 3 is 2.67 bits per heavy atom. The fourth-order valence-electron chi connectivity index (χ4n) is 2.33. The zero-order valence-electron chi connectivity index (χ0n) is 11.3. The number of piperidine rings is 1. The average molecular weight is 307 g/mol. The minimum absolute atomic E-state index is 0.107. The number of hydrogen-bond acceptors (Lipinski definition) is 5. The Hall–Kier alpha value is -2.08. The molecule has 1 aliphatic rings. The number of rotatable bonds is 3. The van der Waals surface area contributed by atoms with Gasteiger partial charge in [0.15, 0.2) is 0 Å². The lowest BCUT2D eigenvalue weighted by atomic mass is 10.1. The zero-order chi connectivity index (χ0) is 14.7. The lowest BCUT2D eigenvalue weighted by molar-refractivity contribution is 0.170. The van der Waals surface area contributed by atoms with Crippen LogP contribution in [0.15, 0.2) is 35.5 Å². The summed E-state index contributed by atoms with van der Waals surface area (Å²) in [6, 6.07) is 3.23. The molecule has 6 nitrogen and oxygen atoms in total. The van der Waals surface area contributed by atoms with Crippen LogP contribution < -0.4 is 15.2 Å². The lowest BCUT2D eigenvalue weighted by Crippen LogP contribution is -2.39. The van der Waals surface area contributed by atoms with Crippen LogP contribution in [-0.2, 0) is 0 Å². The number of aromatic amines is 1. The molecule has 110 valence electrons. The van der Waals surface area contributed by atoms with Gasteiger partial charge in [-0.05, 0) is 6.07 Å². The van der Waals surface area contributed by atoms with Gasteiger partial charge in [0.05, 0.1) is 17.4 Å². The number of nitrogens with zero attached hydrogens (tertiary/aromatic N) is 3. The second-order valence-electron chi connectivity index (χ2n) is 4.89. The maximum Gasteiger partial charge on any atom is 0.251 e. The predicted octanol–water partition coefficient (Wildman–Crippen LogP) is 1.87. The lowest BCUT2D eigenvalue weighted by Gasteiger charge is -2.32. The van der Waals surface area contributed by atoms with Gasteiger partial charge in [-0.2, -0.15) is 0 Å². The zero-order valence-corrected chi connectivity index (χ0v) is 12.1. The van der Waals surface area contributed by atoms with Crippen LogP contribution in [-0.4, -0.2) is 34.1 Å². The van der Waals surface area contributed by atoms with Crippen LogP contribution >= 0.6 is 11.6 Å². The minimum Gasteiger partial charge on any atom is -0.490 e. The van der Waals surface area contributed by atoms with E-state index in [2.05, 4.69) is 19.9 Å². The molecule has 1 fully saturated rings. The van der Waals surface area contributed by atoms with E-state index in [1.807, 2.05) is 0 Å². The van der Waals surface area contributed by atoms with E-state index in [4.69, 9.17) is 16.3 Å². The third kappa shape index (κ3) is 3.52. The summed E-state index contributed by atoms with van der Waals surface area (Å²) in [6.07, 6.45) is 6.62. The average Bonchev–Trinajstić information content (AvgIpc) is 2.49. The van der Waals surface area contributed by atoms with Gasteiger partial charge in [0.25, 0.3) is 5.56 Å². The van der Waals surface area contributed by atoms with Crippen molar-refractivity contribution in [2.75, 3.05) is 18.0 Å². The minimum atomic E-state index is -0.153. The third-order valence-corrected chi connectivity index (χ3v) is 3.58.